The van der Waals surface area contributed by atoms with Gasteiger partial charge in [0.15, 0.2) is 0 Å². The molecule has 1 saturated heterocycles. The summed E-state index contributed by atoms with van der Waals surface area (Å²) in [6, 6.07) is 2.10. The summed E-state index contributed by atoms with van der Waals surface area (Å²) >= 11 is 3.47. The van der Waals surface area contributed by atoms with Gasteiger partial charge in [-0.3, -0.25) is 9.69 Å². The molecule has 0 spiro atoms. The molecule has 5 heteroatoms. The van der Waals surface area contributed by atoms with E-state index in [-0.39, 0.29) is 17.7 Å². The molecule has 0 radical (unpaired) electrons. The zero-order chi connectivity index (χ0) is 12.7. The van der Waals surface area contributed by atoms with Crippen molar-refractivity contribution in [3.63, 3.8) is 0 Å². The zero-order valence-corrected chi connectivity index (χ0v) is 11.8. The highest BCUT2D eigenvalue weighted by atomic mass is 79.9. The van der Waals surface area contributed by atoms with Crippen molar-refractivity contribution in [1.82, 2.24) is 4.98 Å². The van der Waals surface area contributed by atoms with Crippen LogP contribution in [0.4, 0.5) is 5.82 Å². The van der Waals surface area contributed by atoms with Crippen LogP contribution in [0.1, 0.15) is 24.8 Å². The van der Waals surface area contributed by atoms with Crippen molar-refractivity contribution in [3.8, 4) is 0 Å². The van der Waals surface area contributed by atoms with Crippen LogP contribution in [-0.2, 0) is 9.53 Å². The van der Waals surface area contributed by atoms with Gasteiger partial charge in [0.05, 0.1) is 12.5 Å². The van der Waals surface area contributed by atoms with Gasteiger partial charge < -0.3 is 4.74 Å². The number of carbonyl (C=O) groups is 1. The summed E-state index contributed by atoms with van der Waals surface area (Å²) in [6.45, 7) is 3.90. The quantitative estimate of drug-likeness (QED) is 0.799. The Kier molecular flexibility index (Phi) is 3.11. The minimum Gasteiger partial charge on any atom is -0.381 e. The smallest absolute Gasteiger partial charge is 0.234 e. The number of nitrogens with zero attached hydrogens (tertiary/aromatic N) is 2. The lowest BCUT2D eigenvalue weighted by atomic mass is 9.79. The lowest BCUT2D eigenvalue weighted by Crippen LogP contribution is -2.47. The average Bonchev–Trinajstić information content (AvgIpc) is 2.40. The van der Waals surface area contributed by atoms with Gasteiger partial charge in [0.25, 0.3) is 0 Å². The van der Waals surface area contributed by atoms with Gasteiger partial charge >= 0.3 is 0 Å². The Labute approximate surface area is 114 Å². The van der Waals surface area contributed by atoms with Crippen LogP contribution in [0.2, 0.25) is 0 Å². The Bertz CT molecular complexity index is 492. The Morgan fingerprint density at radius 2 is 2.39 bits per heavy atom. The molecule has 2 atom stereocenters. The Hall–Kier alpha value is -0.940. The van der Waals surface area contributed by atoms with E-state index >= 15 is 0 Å². The van der Waals surface area contributed by atoms with Crippen LogP contribution < -0.4 is 4.90 Å². The predicted octanol–water partition coefficient (Wildman–Crippen LogP) is 2.33. The number of hydrogen-bond donors (Lipinski definition) is 0. The molecule has 0 aliphatic carbocycles. The number of anilines is 1. The molecular formula is C13H15BrN2O2. The highest BCUT2D eigenvalue weighted by Crippen LogP contribution is 2.42. The van der Waals surface area contributed by atoms with Gasteiger partial charge in [-0.2, -0.15) is 0 Å². The maximum atomic E-state index is 12.4. The molecule has 4 nitrogen and oxygen atoms in total. The van der Waals surface area contributed by atoms with Gasteiger partial charge in [-0.25, -0.2) is 4.98 Å². The van der Waals surface area contributed by atoms with Crippen molar-refractivity contribution < 1.29 is 9.53 Å². The van der Waals surface area contributed by atoms with Crippen molar-refractivity contribution in [2.24, 2.45) is 5.92 Å². The van der Waals surface area contributed by atoms with Gasteiger partial charge in [-0.15, -0.1) is 0 Å². The van der Waals surface area contributed by atoms with E-state index in [4.69, 9.17) is 4.74 Å². The molecule has 0 N–H and O–H groups in total. The number of halogens is 1. The molecule has 96 valence electrons. The molecule has 0 bridgehead atoms. The van der Waals surface area contributed by atoms with Crippen LogP contribution in [0.3, 0.4) is 0 Å². The number of amides is 1. The van der Waals surface area contributed by atoms with E-state index in [2.05, 4.69) is 27.0 Å². The fourth-order valence-electron chi connectivity index (χ4n) is 2.91. The number of aromatic nitrogens is 1. The molecule has 2 aliphatic rings. The second kappa shape index (κ2) is 4.63. The van der Waals surface area contributed by atoms with Gasteiger partial charge in [0.1, 0.15) is 5.82 Å². The third-order valence-electron chi connectivity index (χ3n) is 3.77. The highest BCUT2D eigenvalue weighted by Gasteiger charge is 2.42. The Balaban J connectivity index is 2.12. The molecular weight excluding hydrogens is 296 g/mol. The number of hydrogen-bond acceptors (Lipinski definition) is 3. The Morgan fingerprint density at radius 1 is 1.56 bits per heavy atom. The topological polar surface area (TPSA) is 42.4 Å². The zero-order valence-electron chi connectivity index (χ0n) is 10.2. The highest BCUT2D eigenvalue weighted by molar-refractivity contribution is 9.10. The summed E-state index contributed by atoms with van der Waals surface area (Å²) in [5, 5.41) is 0. The fraction of sp³-hybridized carbons (Fsp3) is 0.538. The summed E-state index contributed by atoms with van der Waals surface area (Å²) < 4.78 is 6.44. The number of fused-ring (bicyclic) bond motifs is 3. The lowest BCUT2D eigenvalue weighted by Gasteiger charge is -2.40. The van der Waals surface area contributed by atoms with Crippen molar-refractivity contribution in [3.05, 3.63) is 22.3 Å². The first-order chi connectivity index (χ1) is 8.72. The van der Waals surface area contributed by atoms with Crippen molar-refractivity contribution in [2.75, 3.05) is 24.7 Å². The van der Waals surface area contributed by atoms with Gasteiger partial charge in [0.2, 0.25) is 5.91 Å². The van der Waals surface area contributed by atoms with E-state index in [0.717, 1.165) is 23.3 Å². The molecule has 3 rings (SSSR count). The first kappa shape index (κ1) is 12.1. The summed E-state index contributed by atoms with van der Waals surface area (Å²) in [4.78, 5) is 18.6. The summed E-state index contributed by atoms with van der Waals surface area (Å²) in [7, 11) is 0. The van der Waals surface area contributed by atoms with E-state index in [1.807, 2.05) is 6.92 Å². The first-order valence-electron chi connectivity index (χ1n) is 6.27. The lowest BCUT2D eigenvalue weighted by molar-refractivity contribution is -0.128. The molecule has 2 unspecified atom stereocenters. The van der Waals surface area contributed by atoms with E-state index in [1.165, 1.54) is 5.56 Å². The van der Waals surface area contributed by atoms with Gasteiger partial charge in [0, 0.05) is 35.3 Å². The van der Waals surface area contributed by atoms with Gasteiger partial charge in [-0.05, 0) is 35.3 Å². The van der Waals surface area contributed by atoms with Crippen molar-refractivity contribution in [2.45, 2.75) is 19.3 Å². The normalized spacial score (nSPS) is 26.8. The fourth-order valence-corrected chi connectivity index (χ4v) is 3.26. The second-order valence-electron chi connectivity index (χ2n) is 4.73. The van der Waals surface area contributed by atoms with Crippen molar-refractivity contribution in [1.29, 1.82) is 0 Å². The SMILES string of the molecule is CCN1C(=O)C2COCCC2c2cc(Br)cnc21. The van der Waals surface area contributed by atoms with E-state index in [9.17, 15) is 4.79 Å². The molecule has 1 aromatic rings. The molecule has 0 saturated carbocycles. The van der Waals surface area contributed by atoms with Crippen LogP contribution in [0, 0.1) is 5.92 Å². The molecule has 1 aromatic heterocycles. The number of pyridine rings is 1. The number of carbonyl (C=O) groups excluding carboxylic acids is 1. The standard InChI is InChI=1S/C13H15BrN2O2/c1-2-16-12-10(5-8(14)6-15-12)9-3-4-18-7-11(9)13(16)17/h5-6,9,11H,2-4,7H2,1H3. The maximum absolute atomic E-state index is 12.4. The van der Waals surface area contributed by atoms with Crippen LogP contribution >= 0.6 is 15.9 Å². The van der Waals surface area contributed by atoms with E-state index in [1.54, 1.807) is 11.1 Å². The molecule has 1 fully saturated rings. The van der Waals surface area contributed by atoms with Crippen LogP contribution in [0.25, 0.3) is 0 Å². The van der Waals surface area contributed by atoms with Crippen LogP contribution in [-0.4, -0.2) is 30.6 Å². The number of rotatable bonds is 1. The first-order valence-corrected chi connectivity index (χ1v) is 7.06. The monoisotopic (exact) mass is 310 g/mol. The second-order valence-corrected chi connectivity index (χ2v) is 5.64. The maximum Gasteiger partial charge on any atom is 0.234 e. The minimum absolute atomic E-state index is 0.0395. The van der Waals surface area contributed by atoms with Crippen LogP contribution in [0.15, 0.2) is 16.7 Å². The summed E-state index contributed by atoms with van der Waals surface area (Å²) in [6.07, 6.45) is 2.66. The third kappa shape index (κ3) is 1.77. The van der Waals surface area contributed by atoms with Crippen molar-refractivity contribution >= 4 is 27.7 Å². The van der Waals surface area contributed by atoms with Gasteiger partial charge in [-0.1, -0.05) is 0 Å². The molecule has 3 heterocycles. The predicted molar refractivity (Wildman–Crippen MR) is 71.6 cm³/mol. The summed E-state index contributed by atoms with van der Waals surface area (Å²) in [5.41, 5.74) is 1.18. The molecule has 2 aliphatic heterocycles. The van der Waals surface area contributed by atoms with E-state index in [0.29, 0.717) is 13.2 Å². The largest absolute Gasteiger partial charge is 0.381 e. The van der Waals surface area contributed by atoms with E-state index < -0.39 is 0 Å². The Morgan fingerprint density at radius 3 is 3.17 bits per heavy atom. The average molecular weight is 311 g/mol. The molecule has 1 amide bonds. The third-order valence-corrected chi connectivity index (χ3v) is 4.21. The minimum atomic E-state index is -0.0395. The summed E-state index contributed by atoms with van der Waals surface area (Å²) in [5.74, 6) is 1.20. The van der Waals surface area contributed by atoms with Crippen LogP contribution in [0.5, 0.6) is 0 Å². The molecule has 18 heavy (non-hydrogen) atoms. The molecule has 0 aromatic carbocycles. The number of ether oxygens (including phenoxy) is 1.